The number of hydrogen-bond donors (Lipinski definition) is 1. The van der Waals surface area contributed by atoms with E-state index in [-0.39, 0.29) is 0 Å². The molecule has 0 atom stereocenters. The summed E-state index contributed by atoms with van der Waals surface area (Å²) >= 11 is 0. The van der Waals surface area contributed by atoms with Crippen LogP contribution in [0.1, 0.15) is 32.3 Å². The Balaban J connectivity index is 1.95. The Morgan fingerprint density at radius 2 is 1.90 bits per heavy atom. The van der Waals surface area contributed by atoms with Gasteiger partial charge in [0.05, 0.1) is 0 Å². The van der Waals surface area contributed by atoms with E-state index in [0.717, 1.165) is 45.0 Å². The molecule has 1 aliphatic rings. The van der Waals surface area contributed by atoms with Gasteiger partial charge in [-0.05, 0) is 32.3 Å². The summed E-state index contributed by atoms with van der Waals surface area (Å²) in [5, 5.41) is 3.37. The lowest BCUT2D eigenvalue weighted by atomic mass is 10.0. The summed E-state index contributed by atoms with van der Waals surface area (Å²) in [6, 6.07) is 10.6. The summed E-state index contributed by atoms with van der Waals surface area (Å²) in [5.41, 5.74) is 2.85. The molecule has 1 heterocycles. The van der Waals surface area contributed by atoms with Crippen molar-refractivity contribution in [1.29, 1.82) is 0 Å². The zero-order chi connectivity index (χ0) is 14.2. The van der Waals surface area contributed by atoms with Crippen LogP contribution in [0.15, 0.2) is 40.9 Å². The van der Waals surface area contributed by atoms with Crippen LogP contribution < -0.4 is 5.32 Å². The highest BCUT2D eigenvalue weighted by molar-refractivity contribution is 5.80. The average Bonchev–Trinajstić information content (AvgIpc) is 2.49. The third-order valence-corrected chi connectivity index (χ3v) is 3.52. The van der Waals surface area contributed by atoms with Crippen LogP contribution in [0, 0.1) is 0 Å². The van der Waals surface area contributed by atoms with Gasteiger partial charge in [0.25, 0.3) is 0 Å². The lowest BCUT2D eigenvalue weighted by Crippen LogP contribution is -2.44. The maximum Gasteiger partial charge on any atom is 0.193 e. The number of hydrogen-bond acceptors (Lipinski definition) is 1. The second-order valence-corrected chi connectivity index (χ2v) is 5.03. The fraction of sp³-hybridized carbons (Fsp3) is 0.471. The van der Waals surface area contributed by atoms with E-state index in [9.17, 15) is 0 Å². The lowest BCUT2D eigenvalue weighted by Gasteiger charge is -2.31. The topological polar surface area (TPSA) is 27.6 Å². The molecule has 1 saturated heterocycles. The molecule has 0 radical (unpaired) electrons. The van der Waals surface area contributed by atoms with Gasteiger partial charge in [0.1, 0.15) is 0 Å². The molecule has 0 aromatic heterocycles. The summed E-state index contributed by atoms with van der Waals surface area (Å²) in [5.74, 6) is 1.06. The molecule has 0 spiro atoms. The van der Waals surface area contributed by atoms with Crippen LogP contribution in [0.5, 0.6) is 0 Å². The van der Waals surface area contributed by atoms with E-state index in [4.69, 9.17) is 0 Å². The zero-order valence-electron chi connectivity index (χ0n) is 12.6. The molecule has 20 heavy (non-hydrogen) atoms. The van der Waals surface area contributed by atoms with E-state index in [1.54, 1.807) is 5.57 Å². The molecule has 1 fully saturated rings. The molecule has 1 aromatic carbocycles. The van der Waals surface area contributed by atoms with E-state index in [1.165, 1.54) is 5.56 Å². The highest BCUT2D eigenvalue weighted by Gasteiger charge is 2.16. The van der Waals surface area contributed by atoms with Crippen molar-refractivity contribution < 1.29 is 0 Å². The zero-order valence-corrected chi connectivity index (χ0v) is 12.6. The van der Waals surface area contributed by atoms with Crippen molar-refractivity contribution in [3.63, 3.8) is 0 Å². The van der Waals surface area contributed by atoms with Crippen molar-refractivity contribution in [3.05, 3.63) is 41.5 Å². The maximum absolute atomic E-state index is 4.56. The summed E-state index contributed by atoms with van der Waals surface area (Å²) in [4.78, 5) is 6.93. The SMILES string of the molecule is CCN=C(NCC)N1CCC(=Cc2ccccc2)CC1. The third-order valence-electron chi connectivity index (χ3n) is 3.52. The Bertz CT molecular complexity index is 452. The summed E-state index contributed by atoms with van der Waals surface area (Å²) < 4.78 is 0. The van der Waals surface area contributed by atoms with E-state index in [1.807, 2.05) is 0 Å². The molecule has 0 amide bonds. The fourth-order valence-corrected chi connectivity index (χ4v) is 2.51. The summed E-state index contributed by atoms with van der Waals surface area (Å²) in [6.45, 7) is 8.10. The van der Waals surface area contributed by atoms with Crippen LogP contribution in [0.3, 0.4) is 0 Å². The maximum atomic E-state index is 4.56. The first-order valence-electron chi connectivity index (χ1n) is 7.61. The lowest BCUT2D eigenvalue weighted by molar-refractivity contribution is 0.376. The van der Waals surface area contributed by atoms with E-state index in [0.29, 0.717) is 0 Å². The number of guanidine groups is 1. The highest BCUT2D eigenvalue weighted by Crippen LogP contribution is 2.19. The Morgan fingerprint density at radius 1 is 1.20 bits per heavy atom. The molecule has 0 unspecified atom stereocenters. The van der Waals surface area contributed by atoms with Gasteiger partial charge in [0.2, 0.25) is 0 Å². The molecule has 3 heteroatoms. The van der Waals surface area contributed by atoms with Gasteiger partial charge in [-0.2, -0.15) is 0 Å². The largest absolute Gasteiger partial charge is 0.357 e. The van der Waals surface area contributed by atoms with Crippen molar-refractivity contribution in [2.45, 2.75) is 26.7 Å². The highest BCUT2D eigenvalue weighted by atomic mass is 15.3. The van der Waals surface area contributed by atoms with Crippen LogP contribution >= 0.6 is 0 Å². The van der Waals surface area contributed by atoms with E-state index in [2.05, 4.69) is 65.5 Å². The first-order valence-corrected chi connectivity index (χ1v) is 7.61. The molecule has 1 N–H and O–H groups in total. The Labute approximate surface area is 122 Å². The van der Waals surface area contributed by atoms with E-state index >= 15 is 0 Å². The smallest absolute Gasteiger partial charge is 0.193 e. The molecular weight excluding hydrogens is 246 g/mol. The molecule has 3 nitrogen and oxygen atoms in total. The van der Waals surface area contributed by atoms with Gasteiger partial charge in [-0.1, -0.05) is 42.0 Å². The van der Waals surface area contributed by atoms with Crippen LogP contribution in [-0.2, 0) is 0 Å². The first kappa shape index (κ1) is 14.6. The van der Waals surface area contributed by atoms with Gasteiger partial charge in [0, 0.05) is 26.2 Å². The minimum absolute atomic E-state index is 0.839. The second kappa shape index (κ2) is 7.73. The van der Waals surface area contributed by atoms with Crippen LogP contribution in [0.2, 0.25) is 0 Å². The number of piperidine rings is 1. The minimum atomic E-state index is 0.839. The van der Waals surface area contributed by atoms with Gasteiger partial charge < -0.3 is 10.2 Å². The third kappa shape index (κ3) is 4.12. The van der Waals surface area contributed by atoms with Crippen molar-refractivity contribution >= 4 is 12.0 Å². The number of nitrogens with zero attached hydrogens (tertiary/aromatic N) is 2. The van der Waals surface area contributed by atoms with Gasteiger partial charge in [-0.25, -0.2) is 0 Å². The minimum Gasteiger partial charge on any atom is -0.357 e. The number of aliphatic imine (C=N–C) groups is 1. The van der Waals surface area contributed by atoms with Gasteiger partial charge in [-0.15, -0.1) is 0 Å². The average molecular weight is 271 g/mol. The van der Waals surface area contributed by atoms with Crippen LogP contribution in [0.25, 0.3) is 6.08 Å². The molecule has 0 bridgehead atoms. The molecule has 108 valence electrons. The molecule has 0 aliphatic carbocycles. The molecule has 1 aromatic rings. The van der Waals surface area contributed by atoms with Gasteiger partial charge >= 0.3 is 0 Å². The number of likely N-dealkylation sites (tertiary alicyclic amines) is 1. The van der Waals surface area contributed by atoms with Crippen molar-refractivity contribution in [2.24, 2.45) is 4.99 Å². The molecule has 0 saturated carbocycles. The van der Waals surface area contributed by atoms with E-state index < -0.39 is 0 Å². The predicted molar refractivity (Wildman–Crippen MR) is 86.9 cm³/mol. The molecule has 2 rings (SSSR count). The van der Waals surface area contributed by atoms with Crippen molar-refractivity contribution in [3.8, 4) is 0 Å². The molecular formula is C17H25N3. The first-order chi connectivity index (χ1) is 9.83. The number of nitrogens with one attached hydrogen (secondary N) is 1. The van der Waals surface area contributed by atoms with Crippen LogP contribution in [0.4, 0.5) is 0 Å². The second-order valence-electron chi connectivity index (χ2n) is 5.03. The van der Waals surface area contributed by atoms with Crippen molar-refractivity contribution in [1.82, 2.24) is 10.2 Å². The van der Waals surface area contributed by atoms with Crippen molar-refractivity contribution in [2.75, 3.05) is 26.2 Å². The Morgan fingerprint density at radius 3 is 2.50 bits per heavy atom. The van der Waals surface area contributed by atoms with Gasteiger partial charge in [0.15, 0.2) is 5.96 Å². The van der Waals surface area contributed by atoms with Gasteiger partial charge in [-0.3, -0.25) is 4.99 Å². The molecule has 1 aliphatic heterocycles. The summed E-state index contributed by atoms with van der Waals surface area (Å²) in [7, 11) is 0. The number of rotatable bonds is 3. The number of benzene rings is 1. The standard InChI is InChI=1S/C17H25N3/c1-3-18-17(19-4-2)20-12-10-16(11-13-20)14-15-8-6-5-7-9-15/h5-9,14H,3-4,10-13H2,1-2H3,(H,18,19). The van der Waals surface area contributed by atoms with Crippen LogP contribution in [-0.4, -0.2) is 37.0 Å². The monoisotopic (exact) mass is 271 g/mol. The fourth-order valence-electron chi connectivity index (χ4n) is 2.51. The quantitative estimate of drug-likeness (QED) is 0.675. The Hall–Kier alpha value is -1.77. The summed E-state index contributed by atoms with van der Waals surface area (Å²) in [6.07, 6.45) is 4.59. The predicted octanol–water partition coefficient (Wildman–Crippen LogP) is 3.15. The normalized spacial score (nSPS) is 16.2. The Kier molecular flexibility index (Phi) is 5.66.